The summed E-state index contributed by atoms with van der Waals surface area (Å²) < 4.78 is 8.33. The molecule has 0 aliphatic rings. The third kappa shape index (κ3) is 2.63. The molecule has 3 heteroatoms. The number of para-hydroxylation sites is 3. The highest BCUT2D eigenvalue weighted by Gasteiger charge is 2.16. The number of aromatic nitrogens is 1. The van der Waals surface area contributed by atoms with E-state index in [9.17, 15) is 5.26 Å². The molecule has 2 heterocycles. The van der Waals surface area contributed by atoms with Crippen LogP contribution in [0.25, 0.3) is 60.6 Å². The van der Waals surface area contributed by atoms with Crippen LogP contribution in [-0.2, 0) is 0 Å². The number of furan rings is 1. The molecular weight excluding hydrogens is 416 g/mol. The summed E-state index contributed by atoms with van der Waals surface area (Å²) in [6, 6.07) is 39.7. The van der Waals surface area contributed by atoms with Crippen LogP contribution in [0.5, 0.6) is 0 Å². The van der Waals surface area contributed by atoms with Crippen LogP contribution < -0.4 is 0 Å². The van der Waals surface area contributed by atoms with Crippen molar-refractivity contribution in [1.82, 2.24) is 4.57 Å². The molecule has 158 valence electrons. The summed E-state index contributed by atoms with van der Waals surface area (Å²) in [7, 11) is 0. The Hall–Kier alpha value is -4.81. The first-order valence-corrected chi connectivity index (χ1v) is 11.3. The van der Waals surface area contributed by atoms with E-state index in [1.54, 1.807) is 0 Å². The third-order valence-corrected chi connectivity index (χ3v) is 6.64. The van der Waals surface area contributed by atoms with E-state index in [0.29, 0.717) is 5.56 Å². The van der Waals surface area contributed by atoms with Gasteiger partial charge in [-0.05, 0) is 48.0 Å². The number of benzene rings is 5. The predicted octanol–water partition coefficient (Wildman–Crippen LogP) is 8.22. The molecule has 0 fully saturated rings. The lowest BCUT2D eigenvalue weighted by Gasteiger charge is -2.14. The van der Waals surface area contributed by atoms with E-state index in [1.165, 1.54) is 5.39 Å². The van der Waals surface area contributed by atoms with Gasteiger partial charge in [-0.2, -0.15) is 5.26 Å². The Balaban J connectivity index is 1.55. The van der Waals surface area contributed by atoms with Gasteiger partial charge in [0.25, 0.3) is 0 Å². The largest absolute Gasteiger partial charge is 0.456 e. The smallest absolute Gasteiger partial charge is 0.135 e. The van der Waals surface area contributed by atoms with Gasteiger partial charge in [-0.15, -0.1) is 0 Å². The van der Waals surface area contributed by atoms with Gasteiger partial charge < -0.3 is 8.98 Å². The van der Waals surface area contributed by atoms with E-state index in [4.69, 9.17) is 4.42 Å². The molecule has 0 amide bonds. The predicted molar refractivity (Wildman–Crippen MR) is 138 cm³/mol. The first-order chi connectivity index (χ1) is 16.8. The molecule has 0 spiro atoms. The van der Waals surface area contributed by atoms with Crippen LogP contribution in [0.15, 0.2) is 114 Å². The molecular formula is C31H18N2O. The molecule has 7 aromatic rings. The molecule has 3 nitrogen and oxygen atoms in total. The van der Waals surface area contributed by atoms with Crippen LogP contribution in [0.1, 0.15) is 5.56 Å². The summed E-state index contributed by atoms with van der Waals surface area (Å²) in [5.74, 6) is 0. The zero-order valence-corrected chi connectivity index (χ0v) is 18.2. The van der Waals surface area contributed by atoms with E-state index >= 15 is 0 Å². The van der Waals surface area contributed by atoms with Crippen LogP contribution >= 0.6 is 0 Å². The first kappa shape index (κ1) is 18.7. The highest BCUT2D eigenvalue weighted by Crippen LogP contribution is 2.38. The van der Waals surface area contributed by atoms with Gasteiger partial charge in [0.05, 0.1) is 28.4 Å². The van der Waals surface area contributed by atoms with Crippen molar-refractivity contribution >= 4 is 43.7 Å². The molecule has 0 atom stereocenters. The van der Waals surface area contributed by atoms with Crippen molar-refractivity contribution < 1.29 is 4.42 Å². The van der Waals surface area contributed by atoms with E-state index < -0.39 is 0 Å². The SMILES string of the molecule is N#Cc1ccc2c3ccccc3n(-c3ccccc3-c3ccc4oc5ccccc5c4c3)c2c1. The molecule has 0 saturated heterocycles. The summed E-state index contributed by atoms with van der Waals surface area (Å²) in [4.78, 5) is 0. The van der Waals surface area contributed by atoms with E-state index in [1.807, 2.05) is 30.3 Å². The Labute approximate surface area is 195 Å². The number of hydrogen-bond donors (Lipinski definition) is 0. The molecule has 5 aromatic carbocycles. The molecule has 0 aliphatic heterocycles. The van der Waals surface area contributed by atoms with Gasteiger partial charge in [0.1, 0.15) is 11.2 Å². The maximum Gasteiger partial charge on any atom is 0.135 e. The normalized spacial score (nSPS) is 11.5. The summed E-state index contributed by atoms with van der Waals surface area (Å²) >= 11 is 0. The second-order valence-electron chi connectivity index (χ2n) is 8.52. The van der Waals surface area contributed by atoms with Gasteiger partial charge in [0, 0.05) is 27.1 Å². The second kappa shape index (κ2) is 7.10. The average Bonchev–Trinajstić information content (AvgIpc) is 3.43. The van der Waals surface area contributed by atoms with Crippen molar-refractivity contribution in [2.45, 2.75) is 0 Å². The number of nitrogens with zero attached hydrogens (tertiary/aromatic N) is 2. The van der Waals surface area contributed by atoms with Crippen molar-refractivity contribution in [1.29, 1.82) is 5.26 Å². The Morgan fingerprint density at radius 1 is 0.588 bits per heavy atom. The fraction of sp³-hybridized carbons (Fsp3) is 0. The number of fused-ring (bicyclic) bond motifs is 6. The minimum absolute atomic E-state index is 0.653. The topological polar surface area (TPSA) is 41.9 Å². The molecule has 0 unspecified atom stereocenters. The maximum absolute atomic E-state index is 9.56. The maximum atomic E-state index is 9.56. The zero-order chi connectivity index (χ0) is 22.6. The van der Waals surface area contributed by atoms with Crippen LogP contribution in [0.3, 0.4) is 0 Å². The Morgan fingerprint density at radius 2 is 1.32 bits per heavy atom. The molecule has 0 radical (unpaired) electrons. The van der Waals surface area contributed by atoms with Crippen molar-refractivity contribution in [3.8, 4) is 22.9 Å². The van der Waals surface area contributed by atoms with Crippen LogP contribution in [0.2, 0.25) is 0 Å². The molecule has 0 aliphatic carbocycles. The number of rotatable bonds is 2. The minimum Gasteiger partial charge on any atom is -0.456 e. The first-order valence-electron chi connectivity index (χ1n) is 11.3. The van der Waals surface area contributed by atoms with Gasteiger partial charge in [-0.25, -0.2) is 0 Å². The summed E-state index contributed by atoms with van der Waals surface area (Å²) in [6.45, 7) is 0. The molecule has 0 saturated carbocycles. The fourth-order valence-electron chi connectivity index (χ4n) is 5.11. The molecule has 7 rings (SSSR count). The highest BCUT2D eigenvalue weighted by molar-refractivity contribution is 6.10. The molecule has 34 heavy (non-hydrogen) atoms. The molecule has 0 N–H and O–H groups in total. The Bertz CT molecular complexity index is 1930. The van der Waals surface area contributed by atoms with Gasteiger partial charge in [0.15, 0.2) is 0 Å². The Morgan fingerprint density at radius 3 is 2.24 bits per heavy atom. The monoisotopic (exact) mass is 434 g/mol. The van der Waals surface area contributed by atoms with E-state index in [0.717, 1.165) is 55.2 Å². The summed E-state index contributed by atoms with van der Waals surface area (Å²) in [5.41, 5.74) is 7.91. The van der Waals surface area contributed by atoms with E-state index in [2.05, 4.69) is 89.5 Å². The van der Waals surface area contributed by atoms with Crippen LogP contribution in [-0.4, -0.2) is 4.57 Å². The standard InChI is InChI=1S/C31H18N2O/c32-19-20-13-15-24-23-8-2-5-11-28(23)33(29(24)17-20)27-10-4-1-7-22(27)21-14-16-31-26(18-21)25-9-3-6-12-30(25)34-31/h1-18H. The van der Waals surface area contributed by atoms with Gasteiger partial charge in [-0.1, -0.05) is 66.7 Å². The lowest BCUT2D eigenvalue weighted by atomic mass is 10.0. The van der Waals surface area contributed by atoms with Gasteiger partial charge in [0.2, 0.25) is 0 Å². The lowest BCUT2D eigenvalue weighted by Crippen LogP contribution is -1.97. The fourth-order valence-corrected chi connectivity index (χ4v) is 5.11. The van der Waals surface area contributed by atoms with Crippen molar-refractivity contribution in [2.24, 2.45) is 0 Å². The highest BCUT2D eigenvalue weighted by atomic mass is 16.3. The van der Waals surface area contributed by atoms with E-state index in [-0.39, 0.29) is 0 Å². The quantitative estimate of drug-likeness (QED) is 0.275. The zero-order valence-electron chi connectivity index (χ0n) is 18.2. The second-order valence-corrected chi connectivity index (χ2v) is 8.52. The number of nitriles is 1. The van der Waals surface area contributed by atoms with Crippen molar-refractivity contribution in [3.63, 3.8) is 0 Å². The van der Waals surface area contributed by atoms with Gasteiger partial charge >= 0.3 is 0 Å². The summed E-state index contributed by atoms with van der Waals surface area (Å²) in [6.07, 6.45) is 0. The average molecular weight is 434 g/mol. The van der Waals surface area contributed by atoms with Gasteiger partial charge in [-0.3, -0.25) is 0 Å². The minimum atomic E-state index is 0.653. The van der Waals surface area contributed by atoms with Crippen LogP contribution in [0, 0.1) is 11.3 Å². The van der Waals surface area contributed by atoms with Crippen molar-refractivity contribution in [3.05, 3.63) is 115 Å². The Kier molecular flexibility index (Phi) is 3.91. The van der Waals surface area contributed by atoms with Crippen LogP contribution in [0.4, 0.5) is 0 Å². The molecule has 2 aromatic heterocycles. The third-order valence-electron chi connectivity index (χ3n) is 6.64. The lowest BCUT2D eigenvalue weighted by molar-refractivity contribution is 0.669. The molecule has 0 bridgehead atoms. The van der Waals surface area contributed by atoms with Crippen molar-refractivity contribution in [2.75, 3.05) is 0 Å². The summed E-state index contributed by atoms with van der Waals surface area (Å²) in [5, 5.41) is 14.1. The number of hydrogen-bond acceptors (Lipinski definition) is 2.